The summed E-state index contributed by atoms with van der Waals surface area (Å²) in [7, 11) is 0. The number of carbonyl (C=O) groups excluding carboxylic acids is 1. The van der Waals surface area contributed by atoms with E-state index in [0.29, 0.717) is 5.69 Å². The number of hydrogen-bond acceptors (Lipinski definition) is 6. The third kappa shape index (κ3) is 3.75. The molecule has 0 aliphatic carbocycles. The van der Waals surface area contributed by atoms with Crippen LogP contribution in [-0.4, -0.2) is 15.5 Å². The fraction of sp³-hybridized carbons (Fsp3) is 0.188. The molecular weight excluding hydrogens is 332 g/mol. The van der Waals surface area contributed by atoms with Crippen LogP contribution in [-0.2, 0) is 22.7 Å². The van der Waals surface area contributed by atoms with E-state index in [4.69, 9.17) is 4.74 Å². The summed E-state index contributed by atoms with van der Waals surface area (Å²) in [6.07, 6.45) is 0. The molecule has 2 aromatic heterocycles. The average Bonchev–Trinajstić information content (AvgIpc) is 3.16. The third-order valence-corrected chi connectivity index (χ3v) is 5.04. The Morgan fingerprint density at radius 2 is 2.00 bits per heavy atom. The maximum absolute atomic E-state index is 11.9. The predicted molar refractivity (Wildman–Crippen MR) is 90.7 cm³/mol. The fourth-order valence-corrected chi connectivity index (χ4v) is 3.56. The number of thiazole rings is 2. The molecule has 0 fully saturated rings. The van der Waals surface area contributed by atoms with Gasteiger partial charge in [-0.1, -0.05) is 41.7 Å². The van der Waals surface area contributed by atoms with Crippen molar-refractivity contribution in [1.82, 2.24) is 9.55 Å². The second-order valence-corrected chi connectivity index (χ2v) is 6.58. The molecule has 0 saturated carbocycles. The minimum absolute atomic E-state index is 0.0656. The molecule has 5 nitrogen and oxygen atoms in total. The summed E-state index contributed by atoms with van der Waals surface area (Å²) in [5, 5.41) is 4.49. The smallest absolute Gasteiger partial charge is 0.326 e. The maximum Gasteiger partial charge on any atom is 0.326 e. The van der Waals surface area contributed by atoms with Crippen molar-refractivity contribution in [2.45, 2.75) is 20.1 Å². The van der Waals surface area contributed by atoms with Gasteiger partial charge in [-0.15, -0.1) is 11.3 Å². The van der Waals surface area contributed by atoms with Gasteiger partial charge in [-0.05, 0) is 6.92 Å². The van der Waals surface area contributed by atoms with Crippen LogP contribution in [0.15, 0.2) is 45.9 Å². The monoisotopic (exact) mass is 346 g/mol. The molecule has 0 atom stereocenters. The lowest BCUT2D eigenvalue weighted by Gasteiger charge is -2.04. The lowest BCUT2D eigenvalue weighted by molar-refractivity contribution is -0.145. The summed E-state index contributed by atoms with van der Waals surface area (Å²) in [5.41, 5.74) is 2.50. The van der Waals surface area contributed by atoms with Crippen LogP contribution in [0.2, 0.25) is 0 Å². The Hall–Kier alpha value is -2.25. The molecule has 0 aliphatic heterocycles. The zero-order chi connectivity index (χ0) is 16.2. The second kappa shape index (κ2) is 6.89. The summed E-state index contributed by atoms with van der Waals surface area (Å²) in [6, 6.07) is 9.84. The number of esters is 1. The van der Waals surface area contributed by atoms with E-state index in [1.54, 1.807) is 12.3 Å². The quantitative estimate of drug-likeness (QED) is 0.666. The van der Waals surface area contributed by atoms with Crippen molar-refractivity contribution in [3.05, 3.63) is 62.1 Å². The van der Waals surface area contributed by atoms with Crippen molar-refractivity contribution in [3.63, 3.8) is 0 Å². The summed E-state index contributed by atoms with van der Waals surface area (Å²) >= 11 is 2.59. The van der Waals surface area contributed by atoms with Gasteiger partial charge >= 0.3 is 10.8 Å². The van der Waals surface area contributed by atoms with Gasteiger partial charge in [-0.3, -0.25) is 14.2 Å². The molecule has 0 unspecified atom stereocenters. The zero-order valence-electron chi connectivity index (χ0n) is 12.4. The van der Waals surface area contributed by atoms with Crippen molar-refractivity contribution >= 4 is 28.6 Å². The molecular formula is C16H14N2O3S2. The zero-order valence-corrected chi connectivity index (χ0v) is 14.0. The maximum atomic E-state index is 11.9. The van der Waals surface area contributed by atoms with E-state index in [2.05, 4.69) is 4.98 Å². The molecule has 7 heteroatoms. The van der Waals surface area contributed by atoms with Crippen molar-refractivity contribution in [2.75, 3.05) is 0 Å². The van der Waals surface area contributed by atoms with Gasteiger partial charge in [0.2, 0.25) is 0 Å². The normalized spacial score (nSPS) is 10.7. The largest absolute Gasteiger partial charge is 0.458 e. The predicted octanol–water partition coefficient (Wildman–Crippen LogP) is 3.09. The highest BCUT2D eigenvalue weighted by Crippen LogP contribution is 2.23. The average molecular weight is 346 g/mol. The van der Waals surface area contributed by atoms with Crippen molar-refractivity contribution in [1.29, 1.82) is 0 Å². The van der Waals surface area contributed by atoms with Gasteiger partial charge in [0.05, 0.1) is 5.69 Å². The Bertz CT molecular complexity index is 865. The molecule has 0 spiro atoms. The number of carbonyl (C=O) groups is 1. The van der Waals surface area contributed by atoms with Gasteiger partial charge in [-0.25, -0.2) is 4.98 Å². The van der Waals surface area contributed by atoms with Gasteiger partial charge in [0.15, 0.2) is 0 Å². The Morgan fingerprint density at radius 3 is 2.70 bits per heavy atom. The summed E-state index contributed by atoms with van der Waals surface area (Å²) < 4.78 is 6.62. The molecule has 2 heterocycles. The number of nitrogens with zero attached hydrogens (tertiary/aromatic N) is 2. The van der Waals surface area contributed by atoms with E-state index in [9.17, 15) is 9.59 Å². The minimum Gasteiger partial charge on any atom is -0.458 e. The highest BCUT2D eigenvalue weighted by molar-refractivity contribution is 7.13. The van der Waals surface area contributed by atoms with E-state index in [-0.39, 0.29) is 18.0 Å². The Balaban J connectivity index is 1.60. The van der Waals surface area contributed by atoms with Crippen LogP contribution in [0, 0.1) is 6.92 Å². The second-order valence-electron chi connectivity index (χ2n) is 4.90. The van der Waals surface area contributed by atoms with E-state index in [1.165, 1.54) is 15.9 Å². The van der Waals surface area contributed by atoms with Crippen molar-refractivity contribution in [2.24, 2.45) is 0 Å². The molecule has 0 aliphatic rings. The lowest BCUT2D eigenvalue weighted by atomic mass is 10.2. The number of aryl methyl sites for hydroxylation is 1. The first-order chi connectivity index (χ1) is 11.1. The Morgan fingerprint density at radius 1 is 1.22 bits per heavy atom. The molecule has 3 aromatic rings. The summed E-state index contributed by atoms with van der Waals surface area (Å²) in [5.74, 6) is -0.442. The van der Waals surface area contributed by atoms with Crippen molar-refractivity contribution in [3.8, 4) is 10.6 Å². The number of rotatable bonds is 5. The van der Waals surface area contributed by atoms with Gasteiger partial charge < -0.3 is 4.74 Å². The summed E-state index contributed by atoms with van der Waals surface area (Å²) in [6.45, 7) is 1.84. The van der Waals surface area contributed by atoms with Crippen LogP contribution >= 0.6 is 22.7 Å². The van der Waals surface area contributed by atoms with Gasteiger partial charge in [0, 0.05) is 22.0 Å². The highest BCUT2D eigenvalue weighted by atomic mass is 32.1. The molecule has 23 heavy (non-hydrogen) atoms. The van der Waals surface area contributed by atoms with Gasteiger partial charge in [-0.2, -0.15) is 0 Å². The molecule has 0 bridgehead atoms. The minimum atomic E-state index is -0.442. The Labute approximate surface area is 140 Å². The topological polar surface area (TPSA) is 61.2 Å². The molecule has 118 valence electrons. The van der Waals surface area contributed by atoms with Crippen LogP contribution in [0.5, 0.6) is 0 Å². The molecule has 1 aromatic carbocycles. The number of aromatic nitrogens is 2. The highest BCUT2D eigenvalue weighted by Gasteiger charge is 2.11. The van der Waals surface area contributed by atoms with Crippen LogP contribution in [0.1, 0.15) is 11.4 Å². The van der Waals surface area contributed by atoms with Crippen LogP contribution in [0.4, 0.5) is 0 Å². The first-order valence-corrected chi connectivity index (χ1v) is 8.70. The lowest BCUT2D eigenvalue weighted by Crippen LogP contribution is -2.22. The molecule has 0 radical (unpaired) electrons. The van der Waals surface area contributed by atoms with Crippen LogP contribution in [0.3, 0.4) is 0 Å². The molecule has 0 saturated heterocycles. The molecule has 0 amide bonds. The molecule has 0 N–H and O–H groups in total. The first-order valence-electron chi connectivity index (χ1n) is 6.94. The van der Waals surface area contributed by atoms with Gasteiger partial charge in [0.1, 0.15) is 18.2 Å². The van der Waals surface area contributed by atoms with Crippen LogP contribution in [0.25, 0.3) is 10.6 Å². The first kappa shape index (κ1) is 15.6. The van der Waals surface area contributed by atoms with E-state index in [0.717, 1.165) is 27.6 Å². The van der Waals surface area contributed by atoms with E-state index in [1.807, 2.05) is 35.7 Å². The SMILES string of the molecule is Cc1csc(=O)n1CC(=O)OCc1csc(-c2ccccc2)n1. The summed E-state index contributed by atoms with van der Waals surface area (Å²) in [4.78, 5) is 27.7. The van der Waals surface area contributed by atoms with Crippen molar-refractivity contribution < 1.29 is 9.53 Å². The van der Waals surface area contributed by atoms with Crippen LogP contribution < -0.4 is 4.87 Å². The third-order valence-electron chi connectivity index (χ3n) is 3.22. The Kier molecular flexibility index (Phi) is 4.68. The molecule has 3 rings (SSSR count). The number of ether oxygens (including phenoxy) is 1. The standard InChI is InChI=1S/C16H14N2O3S2/c1-11-9-23-16(20)18(11)7-14(19)21-8-13-10-22-15(17-13)12-5-3-2-4-6-12/h2-6,9-10H,7-8H2,1H3. The number of benzene rings is 1. The fourth-order valence-electron chi connectivity index (χ4n) is 2.01. The van der Waals surface area contributed by atoms with E-state index < -0.39 is 5.97 Å². The number of hydrogen-bond donors (Lipinski definition) is 0. The van der Waals surface area contributed by atoms with E-state index >= 15 is 0 Å². The van der Waals surface area contributed by atoms with Gasteiger partial charge in [0.25, 0.3) is 0 Å².